The fourth-order valence-corrected chi connectivity index (χ4v) is 3.24. The van der Waals surface area contributed by atoms with Crippen molar-refractivity contribution in [1.82, 2.24) is 20.4 Å². The first-order chi connectivity index (χ1) is 9.83. The Kier molecular flexibility index (Phi) is 4.44. The topological polar surface area (TPSA) is 54.2 Å². The van der Waals surface area contributed by atoms with E-state index in [4.69, 9.17) is 4.52 Å². The average molecular weight is 292 g/mol. The maximum atomic E-state index is 5.33. The highest BCUT2D eigenvalue weighted by Crippen LogP contribution is 2.21. The van der Waals surface area contributed by atoms with Gasteiger partial charge in [0.05, 0.1) is 12.1 Å². The maximum absolute atomic E-state index is 5.33. The van der Waals surface area contributed by atoms with Gasteiger partial charge in [0.1, 0.15) is 0 Å². The monoisotopic (exact) mass is 292 g/mol. The Morgan fingerprint density at radius 1 is 1.45 bits per heavy atom. The molecule has 3 rings (SSSR count). The fourth-order valence-electron chi connectivity index (χ4n) is 2.62. The number of hydrogen-bond donors (Lipinski definition) is 1. The second-order valence-electron chi connectivity index (χ2n) is 5.28. The molecule has 1 fully saturated rings. The highest BCUT2D eigenvalue weighted by molar-refractivity contribution is 7.08. The summed E-state index contributed by atoms with van der Waals surface area (Å²) in [5, 5.41) is 11.6. The molecule has 6 heteroatoms. The number of hydrogen-bond acceptors (Lipinski definition) is 6. The molecule has 1 atom stereocenters. The van der Waals surface area contributed by atoms with Crippen LogP contribution in [0.5, 0.6) is 0 Å². The molecule has 0 spiro atoms. The summed E-state index contributed by atoms with van der Waals surface area (Å²) in [6.45, 7) is 2.98. The van der Waals surface area contributed by atoms with E-state index in [-0.39, 0.29) is 0 Å². The van der Waals surface area contributed by atoms with Crippen molar-refractivity contribution in [2.75, 3.05) is 20.1 Å². The largest absolute Gasteiger partial charge is 0.334 e. The summed E-state index contributed by atoms with van der Waals surface area (Å²) < 4.78 is 5.33. The Balaban J connectivity index is 1.62. The fraction of sp³-hybridized carbons (Fsp3) is 0.571. The van der Waals surface area contributed by atoms with E-state index in [0.29, 0.717) is 11.9 Å². The van der Waals surface area contributed by atoms with E-state index in [1.807, 2.05) is 16.8 Å². The number of aromatic nitrogens is 2. The predicted molar refractivity (Wildman–Crippen MR) is 79.6 cm³/mol. The van der Waals surface area contributed by atoms with Gasteiger partial charge >= 0.3 is 0 Å². The van der Waals surface area contributed by atoms with Crippen molar-refractivity contribution in [3.8, 4) is 11.5 Å². The SMILES string of the molecule is CN(Cc1noc(-c2ccsc2)n1)C1CCCNCC1. The first-order valence-electron chi connectivity index (χ1n) is 7.09. The van der Waals surface area contributed by atoms with Crippen LogP contribution in [-0.4, -0.2) is 41.2 Å². The van der Waals surface area contributed by atoms with Gasteiger partial charge in [-0.1, -0.05) is 5.16 Å². The molecule has 0 saturated carbocycles. The second kappa shape index (κ2) is 6.47. The molecular weight excluding hydrogens is 272 g/mol. The third-order valence-corrected chi connectivity index (χ3v) is 4.48. The molecule has 1 unspecified atom stereocenters. The molecule has 0 radical (unpaired) electrons. The number of nitrogens with one attached hydrogen (secondary N) is 1. The molecule has 0 aliphatic carbocycles. The van der Waals surface area contributed by atoms with Crippen LogP contribution in [0.4, 0.5) is 0 Å². The Hall–Kier alpha value is -1.24. The van der Waals surface area contributed by atoms with E-state index in [1.54, 1.807) is 11.3 Å². The van der Waals surface area contributed by atoms with Gasteiger partial charge in [-0.15, -0.1) is 0 Å². The van der Waals surface area contributed by atoms with Gasteiger partial charge in [-0.2, -0.15) is 16.3 Å². The van der Waals surface area contributed by atoms with E-state index >= 15 is 0 Å². The smallest absolute Gasteiger partial charge is 0.258 e. The summed E-state index contributed by atoms with van der Waals surface area (Å²) in [6.07, 6.45) is 3.66. The molecule has 1 N–H and O–H groups in total. The summed E-state index contributed by atoms with van der Waals surface area (Å²) in [4.78, 5) is 6.83. The van der Waals surface area contributed by atoms with Crippen molar-refractivity contribution in [2.24, 2.45) is 0 Å². The van der Waals surface area contributed by atoms with Gasteiger partial charge < -0.3 is 9.84 Å². The van der Waals surface area contributed by atoms with Crippen molar-refractivity contribution in [3.05, 3.63) is 22.7 Å². The molecule has 5 nitrogen and oxygen atoms in total. The second-order valence-corrected chi connectivity index (χ2v) is 6.06. The first kappa shape index (κ1) is 13.7. The average Bonchev–Trinajstić information content (AvgIpc) is 3.05. The number of nitrogens with zero attached hydrogens (tertiary/aromatic N) is 3. The van der Waals surface area contributed by atoms with Gasteiger partial charge in [0.2, 0.25) is 0 Å². The van der Waals surface area contributed by atoms with E-state index in [1.165, 1.54) is 19.3 Å². The summed E-state index contributed by atoms with van der Waals surface area (Å²) in [5.74, 6) is 1.39. The molecule has 0 bridgehead atoms. The highest BCUT2D eigenvalue weighted by atomic mass is 32.1. The lowest BCUT2D eigenvalue weighted by Crippen LogP contribution is -2.32. The van der Waals surface area contributed by atoms with Crippen molar-refractivity contribution >= 4 is 11.3 Å². The molecule has 20 heavy (non-hydrogen) atoms. The van der Waals surface area contributed by atoms with Crippen LogP contribution in [0.2, 0.25) is 0 Å². The van der Waals surface area contributed by atoms with E-state index in [9.17, 15) is 0 Å². The van der Waals surface area contributed by atoms with Crippen LogP contribution in [0.15, 0.2) is 21.3 Å². The third kappa shape index (κ3) is 3.26. The van der Waals surface area contributed by atoms with E-state index < -0.39 is 0 Å². The zero-order valence-electron chi connectivity index (χ0n) is 11.7. The van der Waals surface area contributed by atoms with E-state index in [2.05, 4.69) is 27.4 Å². The Bertz CT molecular complexity index is 517. The van der Waals surface area contributed by atoms with Gasteiger partial charge in [-0.3, -0.25) is 4.90 Å². The molecule has 108 valence electrons. The zero-order valence-corrected chi connectivity index (χ0v) is 12.5. The molecular formula is C14H20N4OS. The van der Waals surface area contributed by atoms with Gasteiger partial charge in [-0.05, 0) is 50.8 Å². The van der Waals surface area contributed by atoms with Crippen molar-refractivity contribution in [2.45, 2.75) is 31.8 Å². The van der Waals surface area contributed by atoms with Crippen LogP contribution in [0, 0.1) is 0 Å². The lowest BCUT2D eigenvalue weighted by atomic mass is 10.1. The third-order valence-electron chi connectivity index (χ3n) is 3.80. The van der Waals surface area contributed by atoms with Crippen molar-refractivity contribution in [3.63, 3.8) is 0 Å². The molecule has 1 aliphatic rings. The molecule has 0 aromatic carbocycles. The summed E-state index contributed by atoms with van der Waals surface area (Å²) in [6, 6.07) is 2.61. The van der Waals surface area contributed by atoms with Crippen LogP contribution in [0.25, 0.3) is 11.5 Å². The minimum absolute atomic E-state index is 0.605. The Morgan fingerprint density at radius 3 is 3.25 bits per heavy atom. The van der Waals surface area contributed by atoms with E-state index in [0.717, 1.165) is 31.0 Å². The normalized spacial score (nSPS) is 20.2. The minimum atomic E-state index is 0.605. The summed E-state index contributed by atoms with van der Waals surface area (Å²) in [5.41, 5.74) is 1.01. The quantitative estimate of drug-likeness (QED) is 0.937. The van der Waals surface area contributed by atoms with Crippen LogP contribution < -0.4 is 5.32 Å². The molecule has 2 aromatic heterocycles. The summed E-state index contributed by atoms with van der Waals surface area (Å²) >= 11 is 1.64. The lowest BCUT2D eigenvalue weighted by molar-refractivity contribution is 0.209. The van der Waals surface area contributed by atoms with Gasteiger partial charge in [0.15, 0.2) is 5.82 Å². The first-order valence-corrected chi connectivity index (χ1v) is 8.03. The maximum Gasteiger partial charge on any atom is 0.258 e. The van der Waals surface area contributed by atoms with Crippen molar-refractivity contribution in [1.29, 1.82) is 0 Å². The van der Waals surface area contributed by atoms with Crippen molar-refractivity contribution < 1.29 is 4.52 Å². The van der Waals surface area contributed by atoms with Crippen LogP contribution in [-0.2, 0) is 6.54 Å². The molecule has 3 heterocycles. The predicted octanol–water partition coefficient (Wildman–Crippen LogP) is 2.37. The zero-order chi connectivity index (χ0) is 13.8. The Morgan fingerprint density at radius 2 is 2.40 bits per heavy atom. The standard InChI is InChI=1S/C14H20N4OS/c1-18(12-3-2-6-15-7-4-12)9-13-16-14(19-17-13)11-5-8-20-10-11/h5,8,10,12,15H,2-4,6-7,9H2,1H3. The number of rotatable bonds is 4. The van der Waals surface area contributed by atoms with Gasteiger partial charge in [0, 0.05) is 11.4 Å². The van der Waals surface area contributed by atoms with Gasteiger partial charge in [0.25, 0.3) is 5.89 Å². The van der Waals surface area contributed by atoms with Crippen LogP contribution >= 0.6 is 11.3 Å². The number of thiophene rings is 1. The van der Waals surface area contributed by atoms with Crippen LogP contribution in [0.3, 0.4) is 0 Å². The molecule has 1 aliphatic heterocycles. The molecule has 1 saturated heterocycles. The highest BCUT2D eigenvalue weighted by Gasteiger charge is 2.19. The molecule has 2 aromatic rings. The summed E-state index contributed by atoms with van der Waals surface area (Å²) in [7, 11) is 2.15. The molecule has 0 amide bonds. The lowest BCUT2D eigenvalue weighted by Gasteiger charge is -2.25. The van der Waals surface area contributed by atoms with Gasteiger partial charge in [-0.25, -0.2) is 0 Å². The minimum Gasteiger partial charge on any atom is -0.334 e. The van der Waals surface area contributed by atoms with Crippen LogP contribution in [0.1, 0.15) is 25.1 Å². The Labute approximate surface area is 123 Å².